The van der Waals surface area contributed by atoms with Gasteiger partial charge in [-0.1, -0.05) is 48.0 Å². The van der Waals surface area contributed by atoms with Gasteiger partial charge >= 0.3 is 0 Å². The van der Waals surface area contributed by atoms with E-state index in [4.69, 9.17) is 17.2 Å². The van der Waals surface area contributed by atoms with Crippen LogP contribution in [0.15, 0.2) is 54.6 Å². The van der Waals surface area contributed by atoms with Gasteiger partial charge in [0.25, 0.3) is 5.91 Å². The van der Waals surface area contributed by atoms with Crippen LogP contribution < -0.4 is 21.1 Å². The van der Waals surface area contributed by atoms with Crippen LogP contribution in [-0.2, 0) is 0 Å². The summed E-state index contributed by atoms with van der Waals surface area (Å²) in [6.07, 6.45) is 0.993. The highest BCUT2D eigenvalue weighted by Crippen LogP contribution is 2.25. The number of hydrogen-bond acceptors (Lipinski definition) is 3. The van der Waals surface area contributed by atoms with Crippen molar-refractivity contribution in [1.29, 1.82) is 0 Å². The van der Waals surface area contributed by atoms with Crippen molar-refractivity contribution >= 4 is 34.1 Å². The number of amides is 1. The van der Waals surface area contributed by atoms with Crippen molar-refractivity contribution in [2.45, 2.75) is 13.3 Å². The molecule has 2 aromatic carbocycles. The van der Waals surface area contributed by atoms with E-state index in [2.05, 4.69) is 30.3 Å². The number of aromatic nitrogens is 1. The van der Waals surface area contributed by atoms with Crippen molar-refractivity contribution in [1.82, 2.24) is 21.2 Å². The minimum absolute atomic E-state index is 0.260. The molecule has 0 saturated heterocycles. The number of carbonyl (C=O) groups excluding carboxylic acids is 1. The largest absolute Gasteiger partial charge is 0.361 e. The van der Waals surface area contributed by atoms with E-state index in [1.165, 1.54) is 10.5 Å². The molecule has 1 amide bonds. The van der Waals surface area contributed by atoms with Crippen LogP contribution in [0.4, 0.5) is 0 Å². The van der Waals surface area contributed by atoms with E-state index in [1.807, 2.05) is 61.5 Å². The number of rotatable bonds is 6. The lowest BCUT2D eigenvalue weighted by Crippen LogP contribution is -3.05. The molecule has 7 heteroatoms. The molecule has 0 unspecified atom stereocenters. The Morgan fingerprint density at radius 3 is 2.53 bits per heavy atom. The summed E-state index contributed by atoms with van der Waals surface area (Å²) in [6, 6.07) is 17.6. The van der Waals surface area contributed by atoms with Crippen molar-refractivity contribution in [3.63, 3.8) is 0 Å². The van der Waals surface area contributed by atoms with Crippen LogP contribution in [0.2, 0.25) is 0 Å². The molecule has 4 N–H and O–H groups in total. The first-order valence-corrected chi connectivity index (χ1v) is 10.4. The summed E-state index contributed by atoms with van der Waals surface area (Å²) >= 11 is 5.26. The molecule has 1 heterocycles. The number of hydrogen-bond donors (Lipinski definition) is 4. The van der Waals surface area contributed by atoms with Gasteiger partial charge in [-0.3, -0.25) is 15.6 Å². The third kappa shape index (κ3) is 5.75. The number of quaternary nitrogens is 1. The zero-order valence-corrected chi connectivity index (χ0v) is 18.4. The normalized spacial score (nSPS) is 10.8. The van der Waals surface area contributed by atoms with Crippen LogP contribution in [0.25, 0.3) is 22.2 Å². The number of nitrogens with one attached hydrogen (secondary N) is 4. The quantitative estimate of drug-likeness (QED) is 0.277. The molecule has 0 fully saturated rings. The first-order valence-electron chi connectivity index (χ1n) is 10.0. The van der Waals surface area contributed by atoms with Gasteiger partial charge in [-0.25, -0.2) is 4.98 Å². The second kappa shape index (κ2) is 10.1. The van der Waals surface area contributed by atoms with Crippen molar-refractivity contribution in [3.05, 3.63) is 65.7 Å². The van der Waals surface area contributed by atoms with Gasteiger partial charge in [-0.2, -0.15) is 0 Å². The molecule has 1 aromatic heterocycles. The molecule has 0 aliphatic heterocycles. The van der Waals surface area contributed by atoms with E-state index in [1.54, 1.807) is 0 Å². The van der Waals surface area contributed by atoms with Crippen molar-refractivity contribution < 1.29 is 9.69 Å². The molecule has 0 atom stereocenters. The number of thiocarbonyl (C=S) groups is 1. The number of aryl methyl sites for hydroxylation is 1. The SMILES string of the molecule is Cc1ccc(-c2cc(C(=O)NNC(=S)NCCC[NH+](C)C)c3ccccc3n2)cc1. The highest BCUT2D eigenvalue weighted by molar-refractivity contribution is 7.80. The number of benzene rings is 2. The van der Waals surface area contributed by atoms with Gasteiger partial charge in [0, 0.05) is 23.9 Å². The molecule has 3 rings (SSSR count). The standard InChI is InChI=1S/C23H27N5OS/c1-16-9-11-17(12-10-16)21-15-19(18-7-4-5-8-20(18)25-21)22(29)26-27-23(30)24-13-6-14-28(2)3/h4-5,7-12,15H,6,13-14H2,1-3H3,(H,26,29)(H2,24,27,30)/p+1. The van der Waals surface area contributed by atoms with Gasteiger partial charge in [0.05, 0.1) is 37.4 Å². The maximum Gasteiger partial charge on any atom is 0.270 e. The van der Waals surface area contributed by atoms with Crippen LogP contribution in [0.1, 0.15) is 22.3 Å². The van der Waals surface area contributed by atoms with E-state index < -0.39 is 0 Å². The van der Waals surface area contributed by atoms with Crippen LogP contribution in [0.3, 0.4) is 0 Å². The summed E-state index contributed by atoms with van der Waals surface area (Å²) in [5.74, 6) is -0.260. The fraction of sp³-hybridized carbons (Fsp3) is 0.261. The Morgan fingerprint density at radius 2 is 1.80 bits per heavy atom. The molecule has 0 aliphatic rings. The van der Waals surface area contributed by atoms with Crippen LogP contribution in [-0.4, -0.2) is 43.2 Å². The number of para-hydroxylation sites is 1. The molecular formula is C23H28N5OS+. The number of pyridine rings is 1. The molecule has 30 heavy (non-hydrogen) atoms. The molecule has 0 saturated carbocycles. The molecule has 0 radical (unpaired) electrons. The van der Waals surface area contributed by atoms with E-state index >= 15 is 0 Å². The molecule has 0 spiro atoms. The highest BCUT2D eigenvalue weighted by atomic mass is 32.1. The van der Waals surface area contributed by atoms with Crippen LogP contribution >= 0.6 is 12.2 Å². The maximum absolute atomic E-state index is 12.9. The number of fused-ring (bicyclic) bond motifs is 1. The molecule has 0 bridgehead atoms. The fourth-order valence-corrected chi connectivity index (χ4v) is 3.26. The van der Waals surface area contributed by atoms with Crippen molar-refractivity contribution in [3.8, 4) is 11.3 Å². The topological polar surface area (TPSA) is 70.5 Å². The van der Waals surface area contributed by atoms with E-state index in [0.29, 0.717) is 10.7 Å². The van der Waals surface area contributed by atoms with Crippen molar-refractivity contribution in [2.24, 2.45) is 0 Å². The summed E-state index contributed by atoms with van der Waals surface area (Å²) < 4.78 is 0. The molecule has 6 nitrogen and oxygen atoms in total. The summed E-state index contributed by atoms with van der Waals surface area (Å²) in [5.41, 5.74) is 9.71. The molecular weight excluding hydrogens is 394 g/mol. The summed E-state index contributed by atoms with van der Waals surface area (Å²) in [7, 11) is 4.22. The second-order valence-corrected chi connectivity index (χ2v) is 7.99. The fourth-order valence-electron chi connectivity index (χ4n) is 3.10. The summed E-state index contributed by atoms with van der Waals surface area (Å²) in [5, 5.41) is 4.29. The molecule has 0 aliphatic carbocycles. The Hall–Kier alpha value is -3.03. The molecule has 3 aromatic rings. The average molecular weight is 423 g/mol. The Labute approximate surface area is 182 Å². The lowest BCUT2D eigenvalue weighted by molar-refractivity contribution is -0.858. The van der Waals surface area contributed by atoms with Gasteiger partial charge in [0.15, 0.2) is 5.11 Å². The summed E-state index contributed by atoms with van der Waals surface area (Å²) in [6.45, 7) is 3.84. The predicted molar refractivity (Wildman–Crippen MR) is 125 cm³/mol. The van der Waals surface area contributed by atoms with Crippen LogP contribution in [0.5, 0.6) is 0 Å². The minimum atomic E-state index is -0.260. The number of nitrogens with zero attached hydrogens (tertiary/aromatic N) is 1. The zero-order valence-electron chi connectivity index (χ0n) is 17.6. The van der Waals surface area contributed by atoms with Crippen LogP contribution in [0, 0.1) is 6.92 Å². The Bertz CT molecular complexity index is 1030. The third-order valence-electron chi connectivity index (χ3n) is 4.74. The van der Waals surface area contributed by atoms with Gasteiger partial charge in [-0.15, -0.1) is 0 Å². The third-order valence-corrected chi connectivity index (χ3v) is 4.98. The Balaban J connectivity index is 1.74. The van der Waals surface area contributed by atoms with E-state index in [0.717, 1.165) is 41.7 Å². The maximum atomic E-state index is 12.9. The van der Waals surface area contributed by atoms with E-state index in [-0.39, 0.29) is 5.91 Å². The number of carbonyl (C=O) groups is 1. The summed E-state index contributed by atoms with van der Waals surface area (Å²) in [4.78, 5) is 19.1. The Kier molecular flexibility index (Phi) is 7.32. The first-order chi connectivity index (χ1) is 14.4. The first kappa shape index (κ1) is 21.7. The average Bonchev–Trinajstić information content (AvgIpc) is 2.74. The van der Waals surface area contributed by atoms with Gasteiger partial charge in [0.1, 0.15) is 0 Å². The molecule has 156 valence electrons. The second-order valence-electron chi connectivity index (χ2n) is 7.58. The lowest BCUT2D eigenvalue weighted by Gasteiger charge is -2.14. The van der Waals surface area contributed by atoms with Gasteiger partial charge in [0.2, 0.25) is 0 Å². The smallest absolute Gasteiger partial charge is 0.270 e. The lowest BCUT2D eigenvalue weighted by atomic mass is 10.0. The number of hydrazine groups is 1. The monoisotopic (exact) mass is 422 g/mol. The Morgan fingerprint density at radius 1 is 1.07 bits per heavy atom. The highest BCUT2D eigenvalue weighted by Gasteiger charge is 2.14. The predicted octanol–water partition coefficient (Wildman–Crippen LogP) is 1.85. The minimum Gasteiger partial charge on any atom is -0.361 e. The van der Waals surface area contributed by atoms with E-state index in [9.17, 15) is 4.79 Å². The zero-order chi connectivity index (χ0) is 21.5. The van der Waals surface area contributed by atoms with Crippen molar-refractivity contribution in [2.75, 3.05) is 27.2 Å². The van der Waals surface area contributed by atoms with Gasteiger partial charge in [-0.05, 0) is 31.3 Å². The van der Waals surface area contributed by atoms with Gasteiger partial charge < -0.3 is 10.2 Å².